The van der Waals surface area contributed by atoms with Gasteiger partial charge >= 0.3 is 0 Å². The number of hydrogen-bond donors (Lipinski definition) is 0. The highest BCUT2D eigenvalue weighted by molar-refractivity contribution is 7.15. The number of thiazole rings is 1. The Hall–Kier alpha value is -1.53. The number of rotatable bonds is 3. The van der Waals surface area contributed by atoms with Crippen LogP contribution < -0.4 is 4.90 Å². The van der Waals surface area contributed by atoms with Crippen molar-refractivity contribution in [1.29, 1.82) is 0 Å². The highest BCUT2D eigenvalue weighted by Gasteiger charge is 2.27. The van der Waals surface area contributed by atoms with Gasteiger partial charge in [-0.25, -0.2) is 13.8 Å². The monoisotopic (exact) mass is 324 g/mol. The molecule has 0 spiro atoms. The second-order valence-electron chi connectivity index (χ2n) is 5.63. The molecule has 0 amide bonds. The van der Waals surface area contributed by atoms with Gasteiger partial charge < -0.3 is 9.64 Å². The van der Waals surface area contributed by atoms with Gasteiger partial charge in [0.25, 0.3) is 0 Å². The lowest BCUT2D eigenvalue weighted by Crippen LogP contribution is -2.09. The average Bonchev–Trinajstić information content (AvgIpc) is 2.89. The van der Waals surface area contributed by atoms with Gasteiger partial charge in [0.1, 0.15) is 16.6 Å². The predicted octanol–water partition coefficient (Wildman–Crippen LogP) is 4.18. The van der Waals surface area contributed by atoms with Crippen molar-refractivity contribution in [2.24, 2.45) is 0 Å². The Balaban J connectivity index is 2.07. The lowest BCUT2D eigenvalue weighted by molar-refractivity contribution is 0.0908. The summed E-state index contributed by atoms with van der Waals surface area (Å²) in [6.07, 6.45) is 2.74. The first-order valence-corrected chi connectivity index (χ1v) is 8.02. The molecule has 118 valence electrons. The van der Waals surface area contributed by atoms with Crippen molar-refractivity contribution >= 4 is 17.0 Å². The molecule has 0 saturated carbocycles. The average molecular weight is 324 g/mol. The summed E-state index contributed by atoms with van der Waals surface area (Å²) in [5.41, 5.74) is 1.36. The summed E-state index contributed by atoms with van der Waals surface area (Å²) >= 11 is 1.33. The molecule has 1 unspecified atom stereocenters. The van der Waals surface area contributed by atoms with Gasteiger partial charge in [0, 0.05) is 26.9 Å². The van der Waals surface area contributed by atoms with Crippen LogP contribution in [0.3, 0.4) is 0 Å². The number of fused-ring (bicyclic) bond motifs is 1. The maximum Gasteiger partial charge on any atom is 0.138 e. The van der Waals surface area contributed by atoms with Crippen LogP contribution in [0.1, 0.15) is 29.5 Å². The standard InChI is InChI=1S/C16H18F2N2OS/c1-20(2)9-7-10(17)14(11(18)8-9)16-19-12-5-4-6-13(21-3)15(12)22-16/h7-8,13H,4-6H2,1-3H3. The molecule has 1 aliphatic carbocycles. The summed E-state index contributed by atoms with van der Waals surface area (Å²) in [7, 11) is 5.16. The molecule has 0 radical (unpaired) electrons. The van der Waals surface area contributed by atoms with E-state index in [-0.39, 0.29) is 11.7 Å². The maximum atomic E-state index is 14.4. The fraction of sp³-hybridized carbons (Fsp3) is 0.438. The van der Waals surface area contributed by atoms with Gasteiger partial charge in [-0.05, 0) is 31.4 Å². The summed E-state index contributed by atoms with van der Waals surface area (Å²) < 4.78 is 34.2. The van der Waals surface area contributed by atoms with Crippen molar-refractivity contribution in [3.63, 3.8) is 0 Å². The zero-order chi connectivity index (χ0) is 15.9. The first kappa shape index (κ1) is 15.4. The first-order chi connectivity index (χ1) is 10.5. The van der Waals surface area contributed by atoms with Crippen LogP contribution in [0.5, 0.6) is 0 Å². The summed E-state index contributed by atoms with van der Waals surface area (Å²) in [5.74, 6) is -1.16. The molecule has 1 atom stereocenters. The number of halogens is 2. The van der Waals surface area contributed by atoms with E-state index in [9.17, 15) is 8.78 Å². The fourth-order valence-electron chi connectivity index (χ4n) is 2.73. The molecule has 1 aliphatic rings. The van der Waals surface area contributed by atoms with Crippen molar-refractivity contribution in [3.05, 3.63) is 34.3 Å². The third-order valence-electron chi connectivity index (χ3n) is 3.94. The van der Waals surface area contributed by atoms with E-state index in [4.69, 9.17) is 4.74 Å². The number of aryl methyl sites for hydroxylation is 1. The van der Waals surface area contributed by atoms with Gasteiger partial charge in [-0.1, -0.05) is 0 Å². The van der Waals surface area contributed by atoms with Crippen molar-refractivity contribution < 1.29 is 13.5 Å². The van der Waals surface area contributed by atoms with Crippen molar-refractivity contribution in [1.82, 2.24) is 4.98 Å². The van der Waals surface area contributed by atoms with E-state index in [2.05, 4.69) is 4.98 Å². The second kappa shape index (κ2) is 5.93. The molecule has 3 nitrogen and oxygen atoms in total. The Morgan fingerprint density at radius 3 is 2.55 bits per heavy atom. The normalized spacial score (nSPS) is 17.4. The van der Waals surface area contributed by atoms with Crippen molar-refractivity contribution in [2.75, 3.05) is 26.1 Å². The zero-order valence-electron chi connectivity index (χ0n) is 12.8. The SMILES string of the molecule is COC1CCCc2nc(-c3c(F)cc(N(C)C)cc3F)sc21. The predicted molar refractivity (Wildman–Crippen MR) is 84.5 cm³/mol. The van der Waals surface area contributed by atoms with Gasteiger partial charge in [0.05, 0.1) is 22.2 Å². The van der Waals surface area contributed by atoms with Crippen LogP contribution in [0.4, 0.5) is 14.5 Å². The Labute approximate surface area is 132 Å². The molecule has 0 saturated heterocycles. The minimum atomic E-state index is -0.580. The van der Waals surface area contributed by atoms with Crippen LogP contribution >= 0.6 is 11.3 Å². The molecule has 3 rings (SSSR count). The topological polar surface area (TPSA) is 25.4 Å². The van der Waals surface area contributed by atoms with E-state index in [0.717, 1.165) is 29.8 Å². The second-order valence-corrected chi connectivity index (χ2v) is 6.66. The highest BCUT2D eigenvalue weighted by atomic mass is 32.1. The molecule has 0 bridgehead atoms. The molecular formula is C16H18F2N2OS. The van der Waals surface area contributed by atoms with Crippen LogP contribution in [0.15, 0.2) is 12.1 Å². The van der Waals surface area contributed by atoms with Crippen molar-refractivity contribution in [2.45, 2.75) is 25.4 Å². The van der Waals surface area contributed by atoms with Crippen molar-refractivity contribution in [3.8, 4) is 10.6 Å². The fourth-order valence-corrected chi connectivity index (χ4v) is 4.01. The summed E-state index contributed by atoms with van der Waals surface area (Å²) in [6.45, 7) is 0. The van der Waals surface area contributed by atoms with Crippen LogP contribution in [0.25, 0.3) is 10.6 Å². The minimum Gasteiger partial charge on any atom is -0.377 e. The zero-order valence-corrected chi connectivity index (χ0v) is 13.6. The van der Waals surface area contributed by atoms with E-state index in [0.29, 0.717) is 10.7 Å². The van der Waals surface area contributed by atoms with Crippen LogP contribution in [-0.2, 0) is 11.2 Å². The number of methoxy groups -OCH3 is 1. The number of benzene rings is 1. The summed E-state index contributed by atoms with van der Waals surface area (Å²) in [5, 5.41) is 0.397. The van der Waals surface area contributed by atoms with Gasteiger partial charge in [0.15, 0.2) is 0 Å². The maximum absolute atomic E-state index is 14.4. The number of ether oxygens (including phenoxy) is 1. The van der Waals surface area contributed by atoms with Gasteiger partial charge in [0.2, 0.25) is 0 Å². The third-order valence-corrected chi connectivity index (χ3v) is 5.15. The quantitative estimate of drug-likeness (QED) is 0.847. The molecule has 2 aromatic rings. The Bertz CT molecular complexity index is 676. The van der Waals surface area contributed by atoms with Gasteiger partial charge in [-0.15, -0.1) is 11.3 Å². The van der Waals surface area contributed by atoms with E-state index < -0.39 is 11.6 Å². The van der Waals surface area contributed by atoms with Gasteiger partial charge in [-0.2, -0.15) is 0 Å². The Morgan fingerprint density at radius 2 is 1.95 bits per heavy atom. The largest absolute Gasteiger partial charge is 0.377 e. The lowest BCUT2D eigenvalue weighted by atomic mass is 10.0. The smallest absolute Gasteiger partial charge is 0.138 e. The Kier molecular flexibility index (Phi) is 4.14. The summed E-state index contributed by atoms with van der Waals surface area (Å²) in [4.78, 5) is 7.13. The highest BCUT2D eigenvalue weighted by Crippen LogP contribution is 2.41. The number of aromatic nitrogens is 1. The lowest BCUT2D eigenvalue weighted by Gasteiger charge is -2.19. The van der Waals surface area contributed by atoms with E-state index in [1.165, 1.54) is 23.5 Å². The van der Waals surface area contributed by atoms with Crippen LogP contribution in [-0.4, -0.2) is 26.2 Å². The molecule has 0 aliphatic heterocycles. The summed E-state index contributed by atoms with van der Waals surface area (Å²) in [6, 6.07) is 2.68. The number of anilines is 1. The van der Waals surface area contributed by atoms with E-state index in [1.807, 2.05) is 0 Å². The first-order valence-electron chi connectivity index (χ1n) is 7.20. The minimum absolute atomic E-state index is 0.0119. The van der Waals surface area contributed by atoms with E-state index >= 15 is 0 Å². The molecule has 0 N–H and O–H groups in total. The molecule has 1 aromatic carbocycles. The molecular weight excluding hydrogens is 306 g/mol. The van der Waals surface area contributed by atoms with E-state index in [1.54, 1.807) is 26.1 Å². The molecule has 6 heteroatoms. The molecule has 1 heterocycles. The number of nitrogens with zero attached hydrogens (tertiary/aromatic N) is 2. The van der Waals surface area contributed by atoms with Gasteiger partial charge in [-0.3, -0.25) is 0 Å². The Morgan fingerprint density at radius 1 is 1.27 bits per heavy atom. The third kappa shape index (κ3) is 2.61. The van der Waals surface area contributed by atoms with Crippen LogP contribution in [0, 0.1) is 11.6 Å². The number of hydrogen-bond acceptors (Lipinski definition) is 4. The molecule has 1 aromatic heterocycles. The molecule has 22 heavy (non-hydrogen) atoms. The molecule has 0 fully saturated rings. The van der Waals surface area contributed by atoms with Crippen LogP contribution in [0.2, 0.25) is 0 Å².